The molecule has 0 saturated carbocycles. The number of hydrogen-bond acceptors (Lipinski definition) is 4. The van der Waals surface area contributed by atoms with Gasteiger partial charge in [0.05, 0.1) is 23.8 Å². The Morgan fingerprint density at radius 1 is 1.07 bits per heavy atom. The molecule has 5 rings (SSSR count). The molecule has 1 atom stereocenters. The molecule has 2 aromatic carbocycles. The second-order valence-electron chi connectivity index (χ2n) is 7.45. The molecule has 3 amide bonds. The fraction of sp³-hybridized carbons (Fsp3) is 0.318. The highest BCUT2D eigenvalue weighted by Crippen LogP contribution is 2.31. The van der Waals surface area contributed by atoms with Crippen LogP contribution in [0.3, 0.4) is 0 Å². The molecule has 3 aliphatic heterocycles. The van der Waals surface area contributed by atoms with E-state index in [0.29, 0.717) is 29.8 Å². The Morgan fingerprint density at radius 2 is 1.89 bits per heavy atom. The maximum atomic E-state index is 13.1. The van der Waals surface area contributed by atoms with Crippen molar-refractivity contribution in [2.45, 2.75) is 25.4 Å². The molecule has 2 aromatic rings. The van der Waals surface area contributed by atoms with E-state index in [-0.39, 0.29) is 30.4 Å². The van der Waals surface area contributed by atoms with E-state index in [1.54, 1.807) is 23.1 Å². The number of carbonyl (C=O) groups excluding carboxylic acids is 3. The van der Waals surface area contributed by atoms with Crippen LogP contribution in [0.4, 0.5) is 5.69 Å². The van der Waals surface area contributed by atoms with Crippen LogP contribution in [0.1, 0.15) is 49.5 Å². The predicted molar refractivity (Wildman–Crippen MR) is 103 cm³/mol. The molecule has 0 aromatic heterocycles. The summed E-state index contributed by atoms with van der Waals surface area (Å²) in [5, 5.41) is 0. The van der Waals surface area contributed by atoms with E-state index in [1.165, 1.54) is 4.90 Å². The van der Waals surface area contributed by atoms with Crippen LogP contribution in [0.15, 0.2) is 42.5 Å². The van der Waals surface area contributed by atoms with Gasteiger partial charge in [-0.15, -0.1) is 0 Å². The van der Waals surface area contributed by atoms with Crippen molar-refractivity contribution in [3.05, 3.63) is 64.7 Å². The van der Waals surface area contributed by atoms with Gasteiger partial charge in [-0.05, 0) is 49.1 Å². The van der Waals surface area contributed by atoms with E-state index < -0.39 is 0 Å². The number of rotatable bonds is 3. The highest BCUT2D eigenvalue weighted by molar-refractivity contribution is 6.22. The molecule has 1 fully saturated rings. The Morgan fingerprint density at radius 3 is 2.71 bits per heavy atom. The largest absolute Gasteiger partial charge is 0.376 e. The van der Waals surface area contributed by atoms with Crippen LogP contribution in [0.5, 0.6) is 0 Å². The third-order valence-corrected chi connectivity index (χ3v) is 5.76. The molecular weight excluding hydrogens is 356 g/mol. The Bertz CT molecular complexity index is 994. The maximum absolute atomic E-state index is 13.1. The van der Waals surface area contributed by atoms with Crippen molar-refractivity contribution in [1.29, 1.82) is 0 Å². The first-order valence-corrected chi connectivity index (χ1v) is 9.65. The molecule has 3 heterocycles. The summed E-state index contributed by atoms with van der Waals surface area (Å²) >= 11 is 0. The first-order valence-electron chi connectivity index (χ1n) is 9.65. The van der Waals surface area contributed by atoms with Gasteiger partial charge in [0.2, 0.25) is 0 Å². The average Bonchev–Trinajstić information content (AvgIpc) is 3.44. The molecule has 28 heavy (non-hydrogen) atoms. The summed E-state index contributed by atoms with van der Waals surface area (Å²) in [6.07, 6.45) is 2.53. The second-order valence-corrected chi connectivity index (χ2v) is 7.45. The van der Waals surface area contributed by atoms with Gasteiger partial charge in [0, 0.05) is 24.4 Å². The zero-order valence-corrected chi connectivity index (χ0v) is 15.4. The van der Waals surface area contributed by atoms with Crippen LogP contribution in [-0.4, -0.2) is 48.4 Å². The van der Waals surface area contributed by atoms with Gasteiger partial charge in [-0.25, -0.2) is 0 Å². The van der Waals surface area contributed by atoms with Gasteiger partial charge in [-0.1, -0.05) is 18.2 Å². The molecular formula is C22H20N2O4. The number of benzene rings is 2. The number of para-hydroxylation sites is 1. The van der Waals surface area contributed by atoms with E-state index in [4.69, 9.17) is 4.74 Å². The number of nitrogens with zero attached hydrogens (tertiary/aromatic N) is 2. The third kappa shape index (κ3) is 2.64. The van der Waals surface area contributed by atoms with Gasteiger partial charge in [0.15, 0.2) is 0 Å². The van der Waals surface area contributed by atoms with Gasteiger partial charge in [-0.3, -0.25) is 19.3 Å². The molecule has 1 saturated heterocycles. The first kappa shape index (κ1) is 17.1. The predicted octanol–water partition coefficient (Wildman–Crippen LogP) is 2.66. The van der Waals surface area contributed by atoms with Crippen LogP contribution in [0.25, 0.3) is 0 Å². The average molecular weight is 376 g/mol. The van der Waals surface area contributed by atoms with Crippen molar-refractivity contribution in [2.75, 3.05) is 24.6 Å². The molecule has 1 unspecified atom stereocenters. The maximum Gasteiger partial charge on any atom is 0.261 e. The van der Waals surface area contributed by atoms with E-state index in [2.05, 4.69) is 0 Å². The van der Waals surface area contributed by atoms with Crippen molar-refractivity contribution in [2.24, 2.45) is 0 Å². The molecule has 142 valence electrons. The normalized spacial score (nSPS) is 20.6. The van der Waals surface area contributed by atoms with Crippen molar-refractivity contribution in [1.82, 2.24) is 4.90 Å². The fourth-order valence-electron chi connectivity index (χ4n) is 4.29. The fourth-order valence-corrected chi connectivity index (χ4v) is 4.29. The third-order valence-electron chi connectivity index (χ3n) is 5.76. The summed E-state index contributed by atoms with van der Waals surface area (Å²) in [7, 11) is 0. The van der Waals surface area contributed by atoms with Gasteiger partial charge in [-0.2, -0.15) is 0 Å². The minimum Gasteiger partial charge on any atom is -0.376 e. The lowest BCUT2D eigenvalue weighted by Gasteiger charge is -2.18. The first-order chi connectivity index (χ1) is 13.6. The number of carbonyl (C=O) groups is 3. The summed E-state index contributed by atoms with van der Waals surface area (Å²) in [5.74, 6) is -0.793. The smallest absolute Gasteiger partial charge is 0.261 e. The SMILES string of the molecule is O=C1c2ccc(C(=O)N3CCc4ccccc43)cc2C(=O)N1CC1CCCO1. The number of anilines is 1. The second kappa shape index (κ2) is 6.56. The molecule has 0 radical (unpaired) electrons. The van der Waals surface area contributed by atoms with Crippen molar-refractivity contribution in [3.8, 4) is 0 Å². The lowest BCUT2D eigenvalue weighted by molar-refractivity contribution is 0.0475. The van der Waals surface area contributed by atoms with Crippen LogP contribution >= 0.6 is 0 Å². The van der Waals surface area contributed by atoms with E-state index >= 15 is 0 Å². The monoisotopic (exact) mass is 376 g/mol. The van der Waals surface area contributed by atoms with Gasteiger partial charge >= 0.3 is 0 Å². The molecule has 0 aliphatic carbocycles. The number of ether oxygens (including phenoxy) is 1. The standard InChI is InChI=1S/C22H20N2O4/c25-20(23-10-9-14-4-1-2-6-19(14)23)15-7-8-17-18(12-15)22(27)24(21(17)26)13-16-5-3-11-28-16/h1-2,4,6-8,12,16H,3,5,9-11,13H2. The molecule has 6 heteroatoms. The molecule has 3 aliphatic rings. The van der Waals surface area contributed by atoms with Gasteiger partial charge < -0.3 is 9.64 Å². The molecule has 0 spiro atoms. The Kier molecular flexibility index (Phi) is 4.02. The number of amides is 3. The summed E-state index contributed by atoms with van der Waals surface area (Å²) < 4.78 is 5.57. The summed E-state index contributed by atoms with van der Waals surface area (Å²) in [6.45, 7) is 1.56. The van der Waals surface area contributed by atoms with Crippen molar-refractivity contribution < 1.29 is 19.1 Å². The lowest BCUT2D eigenvalue weighted by Crippen LogP contribution is -2.36. The Labute approximate surface area is 162 Å². The number of fused-ring (bicyclic) bond motifs is 2. The zero-order valence-electron chi connectivity index (χ0n) is 15.4. The van der Waals surface area contributed by atoms with Crippen molar-refractivity contribution >= 4 is 23.4 Å². The summed E-state index contributed by atoms with van der Waals surface area (Å²) in [6, 6.07) is 12.6. The zero-order chi connectivity index (χ0) is 19.3. The summed E-state index contributed by atoms with van der Waals surface area (Å²) in [5.41, 5.74) is 3.15. The minimum absolute atomic E-state index is 0.0931. The highest BCUT2D eigenvalue weighted by Gasteiger charge is 2.38. The highest BCUT2D eigenvalue weighted by atomic mass is 16.5. The van der Waals surface area contributed by atoms with Gasteiger partial charge in [0.25, 0.3) is 17.7 Å². The summed E-state index contributed by atoms with van der Waals surface area (Å²) in [4.78, 5) is 41.5. The van der Waals surface area contributed by atoms with E-state index in [0.717, 1.165) is 30.5 Å². The number of imide groups is 1. The molecule has 0 bridgehead atoms. The van der Waals surface area contributed by atoms with Gasteiger partial charge in [0.1, 0.15) is 0 Å². The quantitative estimate of drug-likeness (QED) is 0.773. The molecule has 6 nitrogen and oxygen atoms in total. The van der Waals surface area contributed by atoms with Crippen molar-refractivity contribution in [3.63, 3.8) is 0 Å². The Balaban J connectivity index is 1.42. The van der Waals surface area contributed by atoms with E-state index in [1.807, 2.05) is 24.3 Å². The Hall–Kier alpha value is -2.99. The van der Waals surface area contributed by atoms with Crippen LogP contribution in [0.2, 0.25) is 0 Å². The van der Waals surface area contributed by atoms with E-state index in [9.17, 15) is 14.4 Å². The van der Waals surface area contributed by atoms with Crippen LogP contribution in [-0.2, 0) is 11.2 Å². The molecule has 0 N–H and O–H groups in total. The lowest BCUT2D eigenvalue weighted by atomic mass is 10.0. The van der Waals surface area contributed by atoms with Crippen LogP contribution < -0.4 is 4.90 Å². The number of hydrogen-bond donors (Lipinski definition) is 0. The minimum atomic E-state index is -0.341. The topological polar surface area (TPSA) is 66.9 Å². The van der Waals surface area contributed by atoms with Crippen LogP contribution in [0, 0.1) is 0 Å².